The molecule has 0 spiro atoms. The van der Waals surface area contributed by atoms with Gasteiger partial charge in [-0.05, 0) is 93.4 Å². The van der Waals surface area contributed by atoms with Crippen LogP contribution in [0.25, 0.3) is 0 Å². The summed E-state index contributed by atoms with van der Waals surface area (Å²) in [5.41, 5.74) is 0.708. The van der Waals surface area contributed by atoms with Gasteiger partial charge in [0.05, 0.1) is 17.2 Å². The number of sulfonamides is 1. The first-order chi connectivity index (χ1) is 19.9. The molecule has 3 rings (SSSR count). The van der Waals surface area contributed by atoms with Gasteiger partial charge in [-0.3, -0.25) is 13.9 Å². The quantitative estimate of drug-likeness (QED) is 0.246. The molecule has 3 aromatic carbocycles. The summed E-state index contributed by atoms with van der Waals surface area (Å²) in [4.78, 5) is 28.4. The van der Waals surface area contributed by atoms with Crippen molar-refractivity contribution >= 4 is 50.7 Å². The molecule has 42 heavy (non-hydrogen) atoms. The van der Waals surface area contributed by atoms with Gasteiger partial charge in [0.1, 0.15) is 24.2 Å². The first-order valence-corrected chi connectivity index (χ1v) is 15.6. The number of nitrogens with zero attached hydrogens (tertiary/aromatic N) is 2. The maximum absolute atomic E-state index is 14.1. The van der Waals surface area contributed by atoms with E-state index >= 15 is 0 Å². The lowest BCUT2D eigenvalue weighted by Gasteiger charge is -2.33. The van der Waals surface area contributed by atoms with Crippen LogP contribution in [0.5, 0.6) is 5.75 Å². The van der Waals surface area contributed by atoms with Gasteiger partial charge in [-0.2, -0.15) is 0 Å². The van der Waals surface area contributed by atoms with Crippen molar-refractivity contribution in [3.63, 3.8) is 0 Å². The van der Waals surface area contributed by atoms with Crippen LogP contribution in [-0.2, 0) is 26.2 Å². The van der Waals surface area contributed by atoms with Gasteiger partial charge in [-0.15, -0.1) is 0 Å². The van der Waals surface area contributed by atoms with Crippen molar-refractivity contribution in [2.24, 2.45) is 0 Å². The highest BCUT2D eigenvalue weighted by Crippen LogP contribution is 2.28. The fraction of sp³-hybridized carbons (Fsp3) is 0.333. The van der Waals surface area contributed by atoms with Crippen LogP contribution in [0.1, 0.15) is 39.7 Å². The lowest BCUT2D eigenvalue weighted by atomic mass is 10.1. The third-order valence-electron chi connectivity index (χ3n) is 6.29. The number of hydrogen-bond acceptors (Lipinski definition) is 5. The Morgan fingerprint density at radius 3 is 2.17 bits per heavy atom. The van der Waals surface area contributed by atoms with Gasteiger partial charge in [0, 0.05) is 22.6 Å². The Bertz CT molecular complexity index is 1490. The summed E-state index contributed by atoms with van der Waals surface area (Å²) in [7, 11) is -4.35. The van der Waals surface area contributed by atoms with Crippen molar-refractivity contribution in [3.05, 3.63) is 88.2 Å². The van der Waals surface area contributed by atoms with Crippen molar-refractivity contribution in [2.75, 3.05) is 17.5 Å². The molecule has 3 aromatic rings. The predicted octanol–water partition coefficient (Wildman–Crippen LogP) is 6.06. The average Bonchev–Trinajstić information content (AvgIpc) is 2.93. The maximum atomic E-state index is 14.1. The van der Waals surface area contributed by atoms with E-state index < -0.39 is 34.3 Å². The third-order valence-corrected chi connectivity index (χ3v) is 8.66. The van der Waals surface area contributed by atoms with Crippen molar-refractivity contribution in [1.82, 2.24) is 10.2 Å². The van der Waals surface area contributed by atoms with Gasteiger partial charge in [0.2, 0.25) is 11.8 Å². The van der Waals surface area contributed by atoms with E-state index in [2.05, 4.69) is 5.32 Å². The Kier molecular flexibility index (Phi) is 11.6. The number of carbonyl (C=O) groups is 2. The summed E-state index contributed by atoms with van der Waals surface area (Å²) in [6.07, 6.45) is 0.253. The van der Waals surface area contributed by atoms with E-state index in [1.165, 1.54) is 23.1 Å². The van der Waals surface area contributed by atoms with E-state index in [0.717, 1.165) is 28.6 Å². The Hall–Kier alpha value is -3.34. The number of hydrogen-bond donors (Lipinski definition) is 1. The molecule has 2 amide bonds. The molecule has 0 aromatic heterocycles. The number of benzene rings is 3. The van der Waals surface area contributed by atoms with E-state index in [0.29, 0.717) is 28.0 Å². The largest absolute Gasteiger partial charge is 0.494 e. The first kappa shape index (κ1) is 33.2. The second kappa shape index (κ2) is 14.7. The Labute approximate surface area is 256 Å². The lowest BCUT2D eigenvalue weighted by molar-refractivity contribution is -0.140. The number of ether oxygens (including phenoxy) is 1. The summed E-state index contributed by atoms with van der Waals surface area (Å²) >= 11 is 12.5. The molecular formula is C30H34Cl2FN3O5S. The van der Waals surface area contributed by atoms with E-state index in [4.69, 9.17) is 27.9 Å². The average molecular weight is 639 g/mol. The van der Waals surface area contributed by atoms with E-state index in [1.54, 1.807) is 45.0 Å². The Morgan fingerprint density at radius 2 is 1.62 bits per heavy atom. The molecular weight excluding hydrogens is 604 g/mol. The molecule has 0 radical (unpaired) electrons. The highest BCUT2D eigenvalue weighted by Gasteiger charge is 2.34. The van der Waals surface area contributed by atoms with Crippen LogP contribution in [0.4, 0.5) is 10.1 Å². The number of halogens is 3. The summed E-state index contributed by atoms with van der Waals surface area (Å²) in [6.45, 7) is 6.86. The van der Waals surface area contributed by atoms with Gasteiger partial charge in [0.15, 0.2) is 0 Å². The molecule has 8 nitrogen and oxygen atoms in total. The van der Waals surface area contributed by atoms with Crippen molar-refractivity contribution in [2.45, 2.75) is 57.6 Å². The van der Waals surface area contributed by atoms with Crippen molar-refractivity contribution < 1.29 is 27.1 Å². The monoisotopic (exact) mass is 637 g/mol. The minimum atomic E-state index is -4.35. The molecule has 0 aliphatic heterocycles. The first-order valence-electron chi connectivity index (χ1n) is 13.4. The fourth-order valence-electron chi connectivity index (χ4n) is 4.27. The van der Waals surface area contributed by atoms with Crippen LogP contribution in [0.2, 0.25) is 10.0 Å². The predicted molar refractivity (Wildman–Crippen MR) is 163 cm³/mol. The second-order valence-electron chi connectivity index (χ2n) is 9.74. The van der Waals surface area contributed by atoms with Crippen molar-refractivity contribution in [3.8, 4) is 5.75 Å². The van der Waals surface area contributed by atoms with Crippen LogP contribution in [0.15, 0.2) is 71.6 Å². The zero-order valence-electron chi connectivity index (χ0n) is 23.8. The number of amides is 2. The van der Waals surface area contributed by atoms with Gasteiger partial charge in [-0.1, -0.05) is 36.2 Å². The molecule has 0 unspecified atom stereocenters. The van der Waals surface area contributed by atoms with Crippen LogP contribution >= 0.6 is 23.2 Å². The number of nitrogens with one attached hydrogen (secondary N) is 1. The Morgan fingerprint density at radius 1 is 0.976 bits per heavy atom. The second-order valence-corrected chi connectivity index (χ2v) is 12.4. The van der Waals surface area contributed by atoms with Crippen LogP contribution in [0, 0.1) is 5.82 Å². The normalized spacial score (nSPS) is 12.1. The Balaban J connectivity index is 2.09. The zero-order chi connectivity index (χ0) is 31.0. The molecule has 0 saturated carbocycles. The number of anilines is 1. The van der Waals surface area contributed by atoms with Crippen molar-refractivity contribution in [1.29, 1.82) is 0 Å². The molecule has 0 aliphatic carbocycles. The van der Waals surface area contributed by atoms with Crippen LogP contribution < -0.4 is 14.4 Å². The van der Waals surface area contributed by atoms with Gasteiger partial charge in [-0.25, -0.2) is 12.8 Å². The van der Waals surface area contributed by atoms with Gasteiger partial charge < -0.3 is 15.0 Å². The smallest absolute Gasteiger partial charge is 0.264 e. The minimum absolute atomic E-state index is 0.0768. The van der Waals surface area contributed by atoms with Crippen LogP contribution in [-0.4, -0.2) is 50.4 Å². The number of carbonyl (C=O) groups excluding carboxylic acids is 2. The van der Waals surface area contributed by atoms with E-state index in [1.807, 2.05) is 6.92 Å². The summed E-state index contributed by atoms with van der Waals surface area (Å²) < 4.78 is 47.8. The molecule has 0 bridgehead atoms. The molecule has 1 atom stereocenters. The molecule has 0 aliphatic rings. The van der Waals surface area contributed by atoms with E-state index in [-0.39, 0.29) is 35.5 Å². The topological polar surface area (TPSA) is 96.0 Å². The summed E-state index contributed by atoms with van der Waals surface area (Å²) in [5.74, 6) is -1.13. The molecule has 12 heteroatoms. The third kappa shape index (κ3) is 8.36. The summed E-state index contributed by atoms with van der Waals surface area (Å²) in [6, 6.07) is 14.2. The van der Waals surface area contributed by atoms with Gasteiger partial charge in [0.25, 0.3) is 10.0 Å². The van der Waals surface area contributed by atoms with Gasteiger partial charge >= 0.3 is 0 Å². The molecule has 0 heterocycles. The SMILES string of the molecule is CCOc1ccc(N(CC(=O)N(Cc2ccc(Cl)cc2Cl)[C@@H](CC)C(=O)NC(C)C)S(=O)(=O)c2ccc(F)cc2)cc1. The summed E-state index contributed by atoms with van der Waals surface area (Å²) in [5, 5.41) is 3.53. The molecule has 1 N–H and O–H groups in total. The maximum Gasteiger partial charge on any atom is 0.264 e. The van der Waals surface area contributed by atoms with E-state index in [9.17, 15) is 22.4 Å². The molecule has 0 saturated heterocycles. The zero-order valence-corrected chi connectivity index (χ0v) is 26.1. The lowest BCUT2D eigenvalue weighted by Crippen LogP contribution is -2.53. The fourth-order valence-corrected chi connectivity index (χ4v) is 6.15. The molecule has 226 valence electrons. The standard InChI is InChI=1S/C30H34Cl2FN3O5S/c1-5-28(30(38)34-20(3)4)35(18-21-7-8-22(31)17-27(21)32)29(37)19-36(24-11-13-25(14-12-24)41-6-2)42(39,40)26-15-9-23(33)10-16-26/h7-17,20,28H,5-6,18-19H2,1-4H3,(H,34,38)/t28-/m0/s1. The highest BCUT2D eigenvalue weighted by atomic mass is 35.5. The van der Waals surface area contributed by atoms with Crippen LogP contribution in [0.3, 0.4) is 0 Å². The number of rotatable bonds is 13. The molecule has 0 fully saturated rings. The highest BCUT2D eigenvalue weighted by molar-refractivity contribution is 7.92. The minimum Gasteiger partial charge on any atom is -0.494 e.